The summed E-state index contributed by atoms with van der Waals surface area (Å²) in [6.07, 6.45) is -8.11. The highest BCUT2D eigenvalue weighted by atomic mass is 16.7. The summed E-state index contributed by atoms with van der Waals surface area (Å²) >= 11 is 0. The lowest BCUT2D eigenvalue weighted by Gasteiger charge is -2.44. The molecule has 1 aromatic rings. The number of amides is 1. The maximum Gasteiger partial charge on any atom is 0.408 e. The second-order valence-electron chi connectivity index (χ2n) is 8.48. The van der Waals surface area contributed by atoms with Crippen LogP contribution in [0.15, 0.2) is 30.3 Å². The standard InChI is InChI=1S/C25H33NO12/c1-13(19(23(30)32-6)26-25(31)33-12-18-10-8-7-9-11-18)34-24-22(38-17(5)29)21(37-16(4)28)20(14(2)35-24)36-15(3)27/h7-11,13-14,19-22,24H,12H2,1-6H3,(H,26,31)/t13-,14+,19+,20+,21-,22-,24-/m1/s1. The molecule has 7 atom stereocenters. The number of carbonyl (C=O) groups is 5. The van der Waals surface area contributed by atoms with Gasteiger partial charge < -0.3 is 38.5 Å². The van der Waals surface area contributed by atoms with E-state index in [1.165, 1.54) is 13.8 Å². The zero-order valence-corrected chi connectivity index (χ0v) is 22.0. The second kappa shape index (κ2) is 14.3. The van der Waals surface area contributed by atoms with Gasteiger partial charge in [-0.15, -0.1) is 0 Å². The molecule has 2 rings (SSSR count). The van der Waals surface area contributed by atoms with E-state index < -0.39 is 72.8 Å². The molecule has 1 heterocycles. The Morgan fingerprint density at radius 1 is 0.895 bits per heavy atom. The minimum atomic E-state index is -1.39. The molecule has 0 bridgehead atoms. The van der Waals surface area contributed by atoms with Gasteiger partial charge in [0.25, 0.3) is 0 Å². The van der Waals surface area contributed by atoms with Crippen molar-refractivity contribution in [2.24, 2.45) is 0 Å². The summed E-state index contributed by atoms with van der Waals surface area (Å²) in [6, 6.07) is 7.53. The third kappa shape index (κ3) is 8.99. The molecular formula is C25H33NO12. The van der Waals surface area contributed by atoms with E-state index >= 15 is 0 Å². The van der Waals surface area contributed by atoms with Gasteiger partial charge in [-0.2, -0.15) is 0 Å². The van der Waals surface area contributed by atoms with Crippen LogP contribution in [-0.4, -0.2) is 79.9 Å². The van der Waals surface area contributed by atoms with Crippen LogP contribution in [0.5, 0.6) is 0 Å². The van der Waals surface area contributed by atoms with E-state index in [1.54, 1.807) is 24.3 Å². The van der Waals surface area contributed by atoms with Crippen molar-refractivity contribution in [1.82, 2.24) is 5.32 Å². The number of alkyl carbamates (subject to hydrolysis) is 1. The van der Waals surface area contributed by atoms with Gasteiger partial charge in [0.05, 0.1) is 19.3 Å². The van der Waals surface area contributed by atoms with Crippen LogP contribution in [-0.2, 0) is 58.9 Å². The van der Waals surface area contributed by atoms with Gasteiger partial charge >= 0.3 is 30.0 Å². The Hall–Kier alpha value is -3.71. The number of ether oxygens (including phenoxy) is 7. The zero-order valence-electron chi connectivity index (χ0n) is 22.0. The summed E-state index contributed by atoms with van der Waals surface area (Å²) in [7, 11) is 1.13. The van der Waals surface area contributed by atoms with Crippen LogP contribution in [0.2, 0.25) is 0 Å². The fourth-order valence-corrected chi connectivity index (χ4v) is 3.76. The van der Waals surface area contributed by atoms with E-state index in [-0.39, 0.29) is 6.61 Å². The third-order valence-electron chi connectivity index (χ3n) is 5.39. The first-order valence-corrected chi connectivity index (χ1v) is 11.8. The minimum absolute atomic E-state index is 0.0464. The summed E-state index contributed by atoms with van der Waals surface area (Å²) in [5, 5.41) is 2.39. The number of nitrogens with one attached hydrogen (secondary N) is 1. The Balaban J connectivity index is 2.22. The molecule has 0 unspecified atom stereocenters. The van der Waals surface area contributed by atoms with Crippen molar-refractivity contribution in [3.05, 3.63) is 35.9 Å². The minimum Gasteiger partial charge on any atom is -0.467 e. The van der Waals surface area contributed by atoms with Gasteiger partial charge in [-0.25, -0.2) is 9.59 Å². The first-order chi connectivity index (χ1) is 17.9. The van der Waals surface area contributed by atoms with Crippen LogP contribution in [0.1, 0.15) is 40.2 Å². The first-order valence-electron chi connectivity index (χ1n) is 11.8. The third-order valence-corrected chi connectivity index (χ3v) is 5.39. The quantitative estimate of drug-likeness (QED) is 0.336. The van der Waals surface area contributed by atoms with Crippen LogP contribution in [0.4, 0.5) is 4.79 Å². The van der Waals surface area contributed by atoms with E-state index in [0.717, 1.165) is 33.4 Å². The molecule has 1 aliphatic rings. The molecule has 38 heavy (non-hydrogen) atoms. The van der Waals surface area contributed by atoms with Crippen LogP contribution >= 0.6 is 0 Å². The molecule has 1 fully saturated rings. The molecule has 1 amide bonds. The number of methoxy groups -OCH3 is 1. The van der Waals surface area contributed by atoms with Gasteiger partial charge in [0.2, 0.25) is 0 Å². The molecule has 210 valence electrons. The molecule has 1 N–H and O–H groups in total. The number of hydrogen-bond acceptors (Lipinski definition) is 12. The van der Waals surface area contributed by atoms with Gasteiger partial charge in [-0.3, -0.25) is 14.4 Å². The topological polar surface area (TPSA) is 162 Å². The number of hydrogen-bond donors (Lipinski definition) is 1. The lowest BCUT2D eigenvalue weighted by Crippen LogP contribution is -2.62. The molecule has 13 nitrogen and oxygen atoms in total. The molecule has 0 radical (unpaired) electrons. The average molecular weight is 540 g/mol. The maximum absolute atomic E-state index is 12.5. The lowest BCUT2D eigenvalue weighted by atomic mass is 9.98. The molecule has 1 saturated heterocycles. The molecular weight excluding hydrogens is 506 g/mol. The number of esters is 4. The van der Waals surface area contributed by atoms with Crippen molar-refractivity contribution in [1.29, 1.82) is 0 Å². The van der Waals surface area contributed by atoms with Gasteiger partial charge in [0, 0.05) is 20.8 Å². The number of rotatable bonds is 10. The summed E-state index contributed by atoms with van der Waals surface area (Å²) in [4.78, 5) is 60.3. The molecule has 0 spiro atoms. The smallest absolute Gasteiger partial charge is 0.408 e. The Bertz CT molecular complexity index is 984. The summed E-state index contributed by atoms with van der Waals surface area (Å²) < 4.78 is 37.6. The largest absolute Gasteiger partial charge is 0.467 e. The normalized spacial score (nSPS) is 24.2. The van der Waals surface area contributed by atoms with Crippen LogP contribution < -0.4 is 5.32 Å². The van der Waals surface area contributed by atoms with E-state index in [9.17, 15) is 24.0 Å². The highest BCUT2D eigenvalue weighted by Crippen LogP contribution is 2.30. The zero-order chi connectivity index (χ0) is 28.4. The number of benzene rings is 1. The average Bonchev–Trinajstić information content (AvgIpc) is 2.85. The van der Waals surface area contributed by atoms with Crippen molar-refractivity contribution in [2.75, 3.05) is 7.11 Å². The summed E-state index contributed by atoms with van der Waals surface area (Å²) in [5.41, 5.74) is 0.731. The van der Waals surface area contributed by atoms with E-state index in [1.807, 2.05) is 6.07 Å². The van der Waals surface area contributed by atoms with Crippen LogP contribution in [0.25, 0.3) is 0 Å². The molecule has 1 aliphatic heterocycles. The Morgan fingerprint density at radius 2 is 1.45 bits per heavy atom. The molecule has 0 saturated carbocycles. The fraction of sp³-hybridized carbons (Fsp3) is 0.560. The Morgan fingerprint density at radius 3 is 2.00 bits per heavy atom. The molecule has 13 heteroatoms. The van der Waals surface area contributed by atoms with Crippen molar-refractivity contribution < 1.29 is 57.1 Å². The van der Waals surface area contributed by atoms with Crippen molar-refractivity contribution in [3.63, 3.8) is 0 Å². The van der Waals surface area contributed by atoms with E-state index in [2.05, 4.69) is 5.32 Å². The molecule has 0 aliphatic carbocycles. The van der Waals surface area contributed by atoms with E-state index in [4.69, 9.17) is 33.2 Å². The SMILES string of the molecule is COC(=O)[C@@H](NC(=O)OCc1ccccc1)[C@@H](C)O[C@@H]1O[C@@H](C)[C@H](OC(C)=O)[C@@H](OC(C)=O)[C@H]1OC(C)=O. The van der Waals surface area contributed by atoms with Crippen molar-refractivity contribution >= 4 is 30.0 Å². The highest BCUT2D eigenvalue weighted by molar-refractivity contribution is 5.81. The second-order valence-corrected chi connectivity index (χ2v) is 8.48. The van der Waals surface area contributed by atoms with E-state index in [0.29, 0.717) is 0 Å². The molecule has 1 aromatic carbocycles. The Labute approximate surface area is 220 Å². The van der Waals surface area contributed by atoms with Crippen molar-refractivity contribution in [3.8, 4) is 0 Å². The maximum atomic E-state index is 12.5. The summed E-state index contributed by atoms with van der Waals surface area (Å²) in [5.74, 6) is -3.03. The highest BCUT2D eigenvalue weighted by Gasteiger charge is 2.52. The van der Waals surface area contributed by atoms with Crippen LogP contribution in [0, 0.1) is 0 Å². The summed E-state index contributed by atoms with van der Waals surface area (Å²) in [6.45, 7) is 6.34. The van der Waals surface area contributed by atoms with Gasteiger partial charge in [-0.05, 0) is 19.4 Å². The van der Waals surface area contributed by atoms with Crippen molar-refractivity contribution in [2.45, 2.75) is 84.1 Å². The predicted octanol–water partition coefficient (Wildman–Crippen LogP) is 1.40. The van der Waals surface area contributed by atoms with Gasteiger partial charge in [-0.1, -0.05) is 30.3 Å². The van der Waals surface area contributed by atoms with Crippen LogP contribution in [0.3, 0.4) is 0 Å². The van der Waals surface area contributed by atoms with Gasteiger partial charge in [0.15, 0.2) is 30.6 Å². The lowest BCUT2D eigenvalue weighted by molar-refractivity contribution is -0.310. The van der Waals surface area contributed by atoms with Gasteiger partial charge in [0.1, 0.15) is 6.61 Å². The Kier molecular flexibility index (Phi) is 11.5. The monoisotopic (exact) mass is 539 g/mol. The fourth-order valence-electron chi connectivity index (χ4n) is 3.76. The predicted molar refractivity (Wildman–Crippen MR) is 127 cm³/mol. The molecule has 0 aromatic heterocycles. The first kappa shape index (κ1) is 30.5. The number of carbonyl (C=O) groups excluding carboxylic acids is 5.